The van der Waals surface area contributed by atoms with Gasteiger partial charge in [-0.25, -0.2) is 0 Å². The van der Waals surface area contributed by atoms with Gasteiger partial charge in [0.05, 0.1) is 17.1 Å². The van der Waals surface area contributed by atoms with Gasteiger partial charge in [0.1, 0.15) is 5.69 Å². The normalized spacial score (nSPS) is 13.8. The van der Waals surface area contributed by atoms with Gasteiger partial charge in [-0.15, -0.1) is 0 Å². The van der Waals surface area contributed by atoms with Gasteiger partial charge in [-0.3, -0.25) is 4.79 Å². The summed E-state index contributed by atoms with van der Waals surface area (Å²) in [6.45, 7) is 6.23. The third-order valence-electron chi connectivity index (χ3n) is 3.79. The topological polar surface area (TPSA) is 37.3 Å². The van der Waals surface area contributed by atoms with Gasteiger partial charge >= 0.3 is 0 Å². The second-order valence-electron chi connectivity index (χ2n) is 5.52. The Balaban J connectivity index is 2.25. The lowest BCUT2D eigenvalue weighted by Crippen LogP contribution is -2.28. The molecule has 1 aromatic heterocycles. The van der Waals surface area contributed by atoms with Crippen LogP contribution in [0.15, 0.2) is 30.3 Å². The Morgan fingerprint density at radius 1 is 1.15 bits per heavy atom. The molecule has 1 aliphatic rings. The monoisotopic (exact) mass is 269 g/mol. The summed E-state index contributed by atoms with van der Waals surface area (Å²) in [6, 6.07) is 10.2. The van der Waals surface area contributed by atoms with Crippen LogP contribution in [-0.2, 0) is 0 Å². The molecule has 20 heavy (non-hydrogen) atoms. The van der Waals surface area contributed by atoms with Crippen molar-refractivity contribution in [1.29, 1.82) is 0 Å². The molecule has 0 spiro atoms. The highest BCUT2D eigenvalue weighted by atomic mass is 16.2. The molecule has 0 aliphatic carbocycles. The van der Waals surface area contributed by atoms with E-state index >= 15 is 0 Å². The Bertz CT molecular complexity index is 685. The van der Waals surface area contributed by atoms with Gasteiger partial charge in [-0.2, -0.15) is 0 Å². The average molecular weight is 269 g/mol. The predicted octanol–water partition coefficient (Wildman–Crippen LogP) is 3.71. The van der Waals surface area contributed by atoms with Crippen molar-refractivity contribution in [3.05, 3.63) is 41.7 Å². The minimum absolute atomic E-state index is 0.0271. The number of hydrogen-bond acceptors (Lipinski definition) is 2. The summed E-state index contributed by atoms with van der Waals surface area (Å²) in [4.78, 5) is 14.5. The number of nitrogens with one attached hydrogen (secondary N) is 1. The average Bonchev–Trinajstić information content (AvgIpc) is 2.69. The number of rotatable bonds is 1. The Hall–Kier alpha value is -2.23. The number of para-hydroxylation sites is 2. The summed E-state index contributed by atoms with van der Waals surface area (Å²) < 4.78 is 2.09. The van der Waals surface area contributed by atoms with E-state index in [1.165, 1.54) is 0 Å². The van der Waals surface area contributed by atoms with Crippen LogP contribution >= 0.6 is 0 Å². The first kappa shape index (κ1) is 12.8. The Morgan fingerprint density at radius 2 is 1.85 bits per heavy atom. The van der Waals surface area contributed by atoms with Crippen molar-refractivity contribution in [2.24, 2.45) is 0 Å². The van der Waals surface area contributed by atoms with Gasteiger partial charge < -0.3 is 14.8 Å². The van der Waals surface area contributed by atoms with Gasteiger partial charge in [0.25, 0.3) is 5.91 Å². The standard InChI is InChI=1S/C16H19N3O/c1-10(2)19-11(3)9-13-15(19)16(20)18(4)14-8-6-5-7-12(14)17-13/h5-10,17H,1-4H3. The molecule has 1 aliphatic heterocycles. The van der Waals surface area contributed by atoms with E-state index in [2.05, 4.69) is 23.7 Å². The zero-order valence-electron chi connectivity index (χ0n) is 12.3. The van der Waals surface area contributed by atoms with Crippen molar-refractivity contribution in [2.45, 2.75) is 26.8 Å². The summed E-state index contributed by atoms with van der Waals surface area (Å²) in [7, 11) is 1.82. The smallest absolute Gasteiger partial charge is 0.276 e. The first-order valence-electron chi connectivity index (χ1n) is 6.86. The minimum Gasteiger partial charge on any atom is -0.352 e. The van der Waals surface area contributed by atoms with E-state index in [4.69, 9.17) is 0 Å². The zero-order chi connectivity index (χ0) is 14.4. The summed E-state index contributed by atoms with van der Waals surface area (Å²) >= 11 is 0. The molecule has 0 atom stereocenters. The van der Waals surface area contributed by atoms with Crippen molar-refractivity contribution >= 4 is 23.0 Å². The van der Waals surface area contributed by atoms with E-state index in [1.54, 1.807) is 4.90 Å². The molecule has 0 bridgehead atoms. The van der Waals surface area contributed by atoms with Crippen LogP contribution < -0.4 is 10.2 Å². The van der Waals surface area contributed by atoms with E-state index in [9.17, 15) is 4.79 Å². The maximum atomic E-state index is 12.8. The van der Waals surface area contributed by atoms with Crippen molar-refractivity contribution in [1.82, 2.24) is 4.57 Å². The number of hydrogen-bond donors (Lipinski definition) is 1. The van der Waals surface area contributed by atoms with Crippen LogP contribution in [0.3, 0.4) is 0 Å². The summed E-state index contributed by atoms with van der Waals surface area (Å²) in [5.74, 6) is 0.0271. The fraction of sp³-hybridized carbons (Fsp3) is 0.312. The SMILES string of the molecule is Cc1cc2c(n1C(C)C)C(=O)N(C)c1ccccc1N2. The molecule has 2 heterocycles. The number of carbonyl (C=O) groups excluding carboxylic acids is 1. The number of carbonyl (C=O) groups is 1. The summed E-state index contributed by atoms with van der Waals surface area (Å²) in [5, 5.41) is 3.40. The third kappa shape index (κ3) is 1.72. The van der Waals surface area contributed by atoms with Crippen LogP contribution in [0.2, 0.25) is 0 Å². The van der Waals surface area contributed by atoms with E-state index in [1.807, 2.05) is 44.3 Å². The molecule has 0 saturated heterocycles. The van der Waals surface area contributed by atoms with E-state index in [0.29, 0.717) is 0 Å². The molecule has 3 rings (SSSR count). The van der Waals surface area contributed by atoms with Gasteiger partial charge in [-0.1, -0.05) is 12.1 Å². The lowest BCUT2D eigenvalue weighted by atomic mass is 10.2. The van der Waals surface area contributed by atoms with Crippen molar-refractivity contribution < 1.29 is 4.79 Å². The molecule has 0 saturated carbocycles. The van der Waals surface area contributed by atoms with Gasteiger partial charge in [0, 0.05) is 18.8 Å². The molecule has 4 nitrogen and oxygen atoms in total. The molecule has 0 unspecified atom stereocenters. The maximum absolute atomic E-state index is 12.8. The van der Waals surface area contributed by atoms with Crippen LogP contribution in [0.1, 0.15) is 36.1 Å². The van der Waals surface area contributed by atoms with Crippen molar-refractivity contribution in [3.63, 3.8) is 0 Å². The Morgan fingerprint density at radius 3 is 2.55 bits per heavy atom. The minimum atomic E-state index is 0.0271. The number of nitrogens with zero attached hydrogens (tertiary/aromatic N) is 2. The fourth-order valence-corrected chi connectivity index (χ4v) is 2.92. The second kappa shape index (κ2) is 4.40. The van der Waals surface area contributed by atoms with E-state index in [-0.39, 0.29) is 11.9 Å². The zero-order valence-corrected chi connectivity index (χ0v) is 12.3. The quantitative estimate of drug-likeness (QED) is 0.857. The second-order valence-corrected chi connectivity index (χ2v) is 5.52. The van der Waals surface area contributed by atoms with Crippen LogP contribution in [0.25, 0.3) is 0 Å². The van der Waals surface area contributed by atoms with E-state index < -0.39 is 0 Å². The first-order valence-corrected chi connectivity index (χ1v) is 6.86. The highest BCUT2D eigenvalue weighted by molar-refractivity contribution is 6.12. The molecule has 2 aromatic rings. The largest absolute Gasteiger partial charge is 0.352 e. The molecule has 0 fully saturated rings. The fourth-order valence-electron chi connectivity index (χ4n) is 2.92. The van der Waals surface area contributed by atoms with Gasteiger partial charge in [0.2, 0.25) is 0 Å². The lowest BCUT2D eigenvalue weighted by Gasteiger charge is -2.20. The molecule has 4 heteroatoms. The molecule has 104 valence electrons. The number of fused-ring (bicyclic) bond motifs is 2. The number of aromatic nitrogens is 1. The molecular weight excluding hydrogens is 250 g/mol. The lowest BCUT2D eigenvalue weighted by molar-refractivity contribution is 0.0984. The number of aryl methyl sites for hydroxylation is 1. The molecule has 1 N–H and O–H groups in total. The predicted molar refractivity (Wildman–Crippen MR) is 82.0 cm³/mol. The van der Waals surface area contributed by atoms with Crippen LogP contribution in [0.5, 0.6) is 0 Å². The third-order valence-corrected chi connectivity index (χ3v) is 3.79. The molecule has 1 aromatic carbocycles. The number of amides is 1. The van der Waals surface area contributed by atoms with Gasteiger partial charge in [0.15, 0.2) is 0 Å². The number of benzene rings is 1. The summed E-state index contributed by atoms with van der Waals surface area (Å²) in [6.07, 6.45) is 0. The molecule has 0 radical (unpaired) electrons. The Labute approximate surface area is 119 Å². The molecule has 1 amide bonds. The van der Waals surface area contributed by atoms with Gasteiger partial charge in [-0.05, 0) is 39.0 Å². The van der Waals surface area contributed by atoms with Crippen LogP contribution in [0.4, 0.5) is 17.1 Å². The van der Waals surface area contributed by atoms with Crippen LogP contribution in [0, 0.1) is 6.92 Å². The maximum Gasteiger partial charge on any atom is 0.276 e. The number of anilines is 3. The van der Waals surface area contributed by atoms with Crippen molar-refractivity contribution in [3.8, 4) is 0 Å². The van der Waals surface area contributed by atoms with E-state index in [0.717, 1.165) is 28.5 Å². The van der Waals surface area contributed by atoms with Crippen LogP contribution in [-0.4, -0.2) is 17.5 Å². The Kier molecular flexibility index (Phi) is 2.82. The van der Waals surface area contributed by atoms with Crippen molar-refractivity contribution in [2.75, 3.05) is 17.3 Å². The highest BCUT2D eigenvalue weighted by Gasteiger charge is 2.28. The molecular formula is C16H19N3O. The summed E-state index contributed by atoms with van der Waals surface area (Å²) in [5.41, 5.74) is 4.58. The first-order chi connectivity index (χ1) is 9.50. The highest BCUT2D eigenvalue weighted by Crippen LogP contribution is 2.37.